The molecule has 0 saturated carbocycles. The minimum Gasteiger partial charge on any atom is -1.00 e. The molecule has 0 N–H and O–H groups in total. The van der Waals surface area contributed by atoms with E-state index in [4.69, 9.17) is 0 Å². The standard InChI is InChI=1S/2C16H13.2C10H9.2ClH.2Zr/c2*1-12-10-14-8-5-9-15(16(14)11-12)13-6-3-2-4-7-13;2*1-8-6-9-4-2-3-5-10(9)7-8;;;;/h2*2-11H,1H3;2*2-7H,1H3;2*1H;;/q4*-1;;;2*+2/p-2. The molecule has 0 amide bonds. The van der Waals surface area contributed by atoms with Gasteiger partial charge in [-0.1, -0.05) is 124 Å². The first-order chi connectivity index (χ1) is 25.4. The number of aryl methyl sites for hydroxylation is 4. The average Bonchev–Trinajstić information content (AvgIpc) is 3.95. The van der Waals surface area contributed by atoms with Gasteiger partial charge in [0.05, 0.1) is 0 Å². The van der Waals surface area contributed by atoms with E-state index in [-0.39, 0.29) is 77.2 Å². The topological polar surface area (TPSA) is 0 Å². The van der Waals surface area contributed by atoms with Crippen molar-refractivity contribution in [3.63, 3.8) is 0 Å². The molecule has 4 heteroatoms. The van der Waals surface area contributed by atoms with Crippen molar-refractivity contribution >= 4 is 43.1 Å². The van der Waals surface area contributed by atoms with Crippen molar-refractivity contribution in [1.29, 1.82) is 0 Å². The molecule has 56 heavy (non-hydrogen) atoms. The molecule has 10 aromatic carbocycles. The van der Waals surface area contributed by atoms with Gasteiger partial charge in [-0.15, -0.1) is 150 Å². The summed E-state index contributed by atoms with van der Waals surface area (Å²) in [5, 5.41) is 10.8. The van der Waals surface area contributed by atoms with Gasteiger partial charge in [-0.25, -0.2) is 0 Å². The van der Waals surface area contributed by atoms with Crippen LogP contribution in [-0.2, 0) is 52.4 Å². The van der Waals surface area contributed by atoms with Gasteiger partial charge < -0.3 is 24.8 Å². The number of rotatable bonds is 2. The van der Waals surface area contributed by atoms with Crippen molar-refractivity contribution in [2.45, 2.75) is 27.7 Å². The van der Waals surface area contributed by atoms with E-state index in [1.54, 1.807) is 0 Å². The molecule has 276 valence electrons. The molecule has 0 fully saturated rings. The molecule has 0 aliphatic heterocycles. The first-order valence-electron chi connectivity index (χ1n) is 18.1. The summed E-state index contributed by atoms with van der Waals surface area (Å²) in [5.41, 5.74) is 10.6. The van der Waals surface area contributed by atoms with Crippen molar-refractivity contribution < 1.29 is 77.2 Å². The minimum atomic E-state index is 0. The van der Waals surface area contributed by atoms with E-state index in [1.807, 2.05) is 0 Å². The van der Waals surface area contributed by atoms with Crippen LogP contribution in [0.4, 0.5) is 0 Å². The molecule has 0 unspecified atom stereocenters. The number of hydrogen-bond acceptors (Lipinski definition) is 0. The van der Waals surface area contributed by atoms with E-state index in [1.165, 1.54) is 87.6 Å². The van der Waals surface area contributed by atoms with Crippen molar-refractivity contribution in [1.82, 2.24) is 0 Å². The van der Waals surface area contributed by atoms with Crippen LogP contribution in [0.2, 0.25) is 0 Å². The van der Waals surface area contributed by atoms with Gasteiger partial charge in [-0.05, 0) is 11.1 Å². The van der Waals surface area contributed by atoms with Crippen molar-refractivity contribution in [2.75, 3.05) is 0 Å². The molecule has 0 spiro atoms. The Hall–Kier alpha value is -3.89. The van der Waals surface area contributed by atoms with Crippen LogP contribution >= 0.6 is 0 Å². The summed E-state index contributed by atoms with van der Waals surface area (Å²) in [6.07, 6.45) is 0. The summed E-state index contributed by atoms with van der Waals surface area (Å²) in [5.74, 6) is 0. The number of hydrogen-bond donors (Lipinski definition) is 0. The molecule has 0 aromatic heterocycles. The Bertz CT molecular complexity index is 2420. The van der Waals surface area contributed by atoms with Crippen molar-refractivity contribution in [3.8, 4) is 22.3 Å². The maximum atomic E-state index is 2.26. The van der Waals surface area contributed by atoms with Crippen LogP contribution in [-0.4, -0.2) is 0 Å². The Labute approximate surface area is 383 Å². The Balaban J connectivity index is 0.000000200. The zero-order chi connectivity index (χ0) is 35.9. The monoisotopic (exact) mass is 918 g/mol. The molecule has 0 heterocycles. The smallest absolute Gasteiger partial charge is 1.00 e. The van der Waals surface area contributed by atoms with Gasteiger partial charge in [0.2, 0.25) is 0 Å². The summed E-state index contributed by atoms with van der Waals surface area (Å²) in [6.45, 7) is 8.55. The van der Waals surface area contributed by atoms with Crippen molar-refractivity contribution in [2.24, 2.45) is 0 Å². The minimum absolute atomic E-state index is 0. The van der Waals surface area contributed by atoms with Crippen LogP contribution in [0.25, 0.3) is 65.3 Å². The van der Waals surface area contributed by atoms with E-state index in [9.17, 15) is 0 Å². The SMILES string of the molecule is Cc1cc2c(-c3ccccc3)cccc2[cH-]1.Cc1cc2c(-c3ccccc3)cccc2[cH-]1.Cc1cc2ccccc2[cH-]1.Cc1cc2ccccc2[cH-]1.[Cl-].[Cl-].[Zr+2].[Zr+2]. The van der Waals surface area contributed by atoms with E-state index in [0.29, 0.717) is 0 Å². The summed E-state index contributed by atoms with van der Waals surface area (Å²) < 4.78 is 0. The maximum absolute atomic E-state index is 2.26. The van der Waals surface area contributed by atoms with Gasteiger partial charge in [0, 0.05) is 0 Å². The second-order valence-corrected chi connectivity index (χ2v) is 13.7. The largest absolute Gasteiger partial charge is 2.00 e. The molecule has 0 aliphatic carbocycles. The predicted molar refractivity (Wildman–Crippen MR) is 228 cm³/mol. The van der Waals surface area contributed by atoms with Crippen LogP contribution in [0.15, 0.2) is 194 Å². The summed E-state index contributed by atoms with van der Waals surface area (Å²) >= 11 is 0. The van der Waals surface area contributed by atoms with Crippen LogP contribution in [0.1, 0.15) is 22.3 Å². The first kappa shape index (κ1) is 46.5. The van der Waals surface area contributed by atoms with Gasteiger partial charge in [0.15, 0.2) is 0 Å². The van der Waals surface area contributed by atoms with Crippen molar-refractivity contribution in [3.05, 3.63) is 216 Å². The Morgan fingerprint density at radius 3 is 0.982 bits per heavy atom. The molecular formula is C52H44Cl2Zr2-2. The molecule has 0 bridgehead atoms. The fraction of sp³-hybridized carbons (Fsp3) is 0.0769. The van der Waals surface area contributed by atoms with E-state index >= 15 is 0 Å². The zero-order valence-electron chi connectivity index (χ0n) is 32.2. The fourth-order valence-electron chi connectivity index (χ4n) is 7.12. The summed E-state index contributed by atoms with van der Waals surface area (Å²) in [4.78, 5) is 0. The summed E-state index contributed by atoms with van der Waals surface area (Å²) in [7, 11) is 0. The molecule has 0 aliphatic rings. The van der Waals surface area contributed by atoms with Crippen LogP contribution in [0.3, 0.4) is 0 Å². The Morgan fingerprint density at radius 2 is 0.607 bits per heavy atom. The number of halogens is 2. The van der Waals surface area contributed by atoms with Gasteiger partial charge >= 0.3 is 52.4 Å². The van der Waals surface area contributed by atoms with E-state index in [2.05, 4.69) is 222 Å². The van der Waals surface area contributed by atoms with Gasteiger partial charge in [0.25, 0.3) is 0 Å². The predicted octanol–water partition coefficient (Wildman–Crippen LogP) is 8.81. The average molecular weight is 922 g/mol. The number of fused-ring (bicyclic) bond motifs is 4. The second kappa shape index (κ2) is 22.2. The van der Waals surface area contributed by atoms with Crippen LogP contribution in [0.5, 0.6) is 0 Å². The third kappa shape index (κ3) is 11.6. The van der Waals surface area contributed by atoms with Gasteiger partial charge in [-0.3, -0.25) is 0 Å². The van der Waals surface area contributed by atoms with Crippen LogP contribution in [0, 0.1) is 27.7 Å². The summed E-state index contributed by atoms with van der Waals surface area (Å²) in [6, 6.07) is 68.8. The third-order valence-corrected chi connectivity index (χ3v) is 9.48. The van der Waals surface area contributed by atoms with E-state index in [0.717, 1.165) is 0 Å². The molecule has 0 atom stereocenters. The molecule has 0 saturated heterocycles. The molecular weight excluding hydrogens is 878 g/mol. The van der Waals surface area contributed by atoms with Gasteiger partial charge in [-0.2, -0.15) is 24.3 Å². The zero-order valence-corrected chi connectivity index (χ0v) is 38.7. The Morgan fingerprint density at radius 1 is 0.304 bits per heavy atom. The third-order valence-electron chi connectivity index (χ3n) is 9.48. The quantitative estimate of drug-likeness (QED) is 0.152. The molecule has 0 radical (unpaired) electrons. The maximum Gasteiger partial charge on any atom is 2.00 e. The van der Waals surface area contributed by atoms with Crippen LogP contribution < -0.4 is 24.8 Å². The first-order valence-corrected chi connectivity index (χ1v) is 18.1. The number of benzene rings is 6. The fourth-order valence-corrected chi connectivity index (χ4v) is 7.12. The molecule has 0 nitrogen and oxygen atoms in total. The Kier molecular flexibility index (Phi) is 18.4. The normalized spacial score (nSPS) is 9.93. The molecule has 10 aromatic rings. The second-order valence-electron chi connectivity index (χ2n) is 13.7. The molecule has 10 rings (SSSR count). The van der Waals surface area contributed by atoms with Gasteiger partial charge in [0.1, 0.15) is 0 Å². The van der Waals surface area contributed by atoms with E-state index < -0.39 is 0 Å².